The quantitative estimate of drug-likeness (QED) is 0.171. The van der Waals surface area contributed by atoms with Gasteiger partial charge >= 0.3 is 6.03 Å². The third-order valence-electron chi connectivity index (χ3n) is 7.16. The van der Waals surface area contributed by atoms with E-state index in [1.807, 2.05) is 12.3 Å². The number of amides is 2. The Morgan fingerprint density at radius 1 is 1.24 bits per heavy atom. The molecule has 2 amide bonds. The fourth-order valence-electron chi connectivity index (χ4n) is 5.38. The summed E-state index contributed by atoms with van der Waals surface area (Å²) in [5.41, 5.74) is 3.28. The van der Waals surface area contributed by atoms with Crippen LogP contribution in [0, 0.1) is 0 Å². The van der Waals surface area contributed by atoms with Crippen molar-refractivity contribution in [2.45, 2.75) is 74.6 Å². The van der Waals surface area contributed by atoms with E-state index in [9.17, 15) is 19.6 Å². The van der Waals surface area contributed by atoms with Gasteiger partial charge in [-0.3, -0.25) is 20.3 Å². The number of rotatable bonds is 10. The first-order valence-corrected chi connectivity index (χ1v) is 13.6. The largest absolute Gasteiger partial charge is 0.341 e. The number of benzene rings is 1. The zero-order valence-corrected chi connectivity index (χ0v) is 21.4. The topological polar surface area (TPSA) is 111 Å². The van der Waals surface area contributed by atoms with E-state index in [-0.39, 0.29) is 24.5 Å². The minimum Gasteiger partial charge on any atom is -0.341 e. The molecule has 8 nitrogen and oxygen atoms in total. The second-order valence-corrected chi connectivity index (χ2v) is 9.95. The number of hydrogen-bond acceptors (Lipinski definition) is 7. The van der Waals surface area contributed by atoms with Crippen LogP contribution in [0.5, 0.6) is 0 Å². The second kappa shape index (κ2) is 12.0. The molecule has 2 fully saturated rings. The van der Waals surface area contributed by atoms with Crippen LogP contribution in [0.3, 0.4) is 0 Å². The van der Waals surface area contributed by atoms with Crippen LogP contribution in [0.1, 0.15) is 68.9 Å². The molecule has 1 heterocycles. The van der Waals surface area contributed by atoms with Gasteiger partial charge in [-0.05, 0) is 36.3 Å². The summed E-state index contributed by atoms with van der Waals surface area (Å²) in [5.74, 6) is -1.03. The highest BCUT2D eigenvalue weighted by molar-refractivity contribution is 7.98. The van der Waals surface area contributed by atoms with Gasteiger partial charge in [0.15, 0.2) is 17.1 Å². The molecule has 0 bridgehead atoms. The van der Waals surface area contributed by atoms with E-state index in [1.54, 1.807) is 6.07 Å². The summed E-state index contributed by atoms with van der Waals surface area (Å²) in [6.45, 7) is 3.19. The Morgan fingerprint density at radius 2 is 1.97 bits per heavy atom. The molecule has 0 aromatic heterocycles. The number of nitrogens with one attached hydrogen (secondary N) is 3. The van der Waals surface area contributed by atoms with E-state index in [2.05, 4.69) is 23.0 Å². The summed E-state index contributed by atoms with van der Waals surface area (Å²) in [6, 6.07) is 3.23. The average molecular weight is 491 g/mol. The first-order chi connectivity index (χ1) is 16.5. The molecular formula is C25H38N4O4S. The lowest BCUT2D eigenvalue weighted by Gasteiger charge is -2.42. The third kappa shape index (κ3) is 4.97. The van der Waals surface area contributed by atoms with Gasteiger partial charge in [-0.25, -0.2) is 4.79 Å². The predicted octanol–water partition coefficient (Wildman–Crippen LogP) is 3.72. The van der Waals surface area contributed by atoms with Gasteiger partial charge in [0.2, 0.25) is 0 Å². The van der Waals surface area contributed by atoms with Crippen LogP contribution in [0.15, 0.2) is 17.0 Å². The summed E-state index contributed by atoms with van der Waals surface area (Å²) in [6.07, 6.45) is 9.71. The maximum atomic E-state index is 13.9. The van der Waals surface area contributed by atoms with E-state index in [0.717, 1.165) is 35.3 Å². The molecule has 2 atom stereocenters. The van der Waals surface area contributed by atoms with Gasteiger partial charge in [-0.1, -0.05) is 45.1 Å². The molecule has 4 N–H and O–H groups in total. The lowest BCUT2D eigenvalue weighted by molar-refractivity contribution is -0.137. The highest BCUT2D eigenvalue weighted by Crippen LogP contribution is 2.44. The Bertz CT molecular complexity index is 909. The minimum absolute atomic E-state index is 0.0806. The van der Waals surface area contributed by atoms with E-state index in [0.29, 0.717) is 18.8 Å². The number of thioether (sulfide) groups is 1. The van der Waals surface area contributed by atoms with Crippen molar-refractivity contribution in [3.05, 3.63) is 23.3 Å². The zero-order chi connectivity index (χ0) is 24.7. The summed E-state index contributed by atoms with van der Waals surface area (Å²) >= 11 is 1.52. The summed E-state index contributed by atoms with van der Waals surface area (Å²) < 4.78 is 0. The molecule has 1 aromatic carbocycles. The number of piperazine rings is 1. The lowest BCUT2D eigenvalue weighted by Crippen LogP contribution is -2.69. The van der Waals surface area contributed by atoms with Crippen molar-refractivity contribution in [3.8, 4) is 0 Å². The number of urea groups is 1. The molecule has 1 spiro atoms. The molecule has 3 rings (SSSR count). The number of unbranched alkanes of at least 4 members (excludes halogenated alkanes) is 5. The fraction of sp³-hybridized carbons (Fsp3) is 0.640. The molecule has 0 unspecified atom stereocenters. The number of Topliss-reactive ketones (excluding diaryl/α,β-unsaturated/α-hetero) is 2. The van der Waals surface area contributed by atoms with Crippen molar-refractivity contribution in [2.75, 3.05) is 38.4 Å². The monoisotopic (exact) mass is 490 g/mol. The molecule has 34 heavy (non-hydrogen) atoms. The predicted molar refractivity (Wildman–Crippen MR) is 135 cm³/mol. The Morgan fingerprint density at radius 3 is 2.65 bits per heavy atom. The maximum absolute atomic E-state index is 13.9. The SMILES string of the molecule is CCCCCCCCc1c([C@H]2CC(=O)[C@@]3(CNCCN3C(=O)NC)C2=O)ccc(NO)c1SC. The van der Waals surface area contributed by atoms with Crippen molar-refractivity contribution in [1.82, 2.24) is 15.5 Å². The molecule has 9 heteroatoms. The fourth-order valence-corrected chi connectivity index (χ4v) is 6.18. The smallest absolute Gasteiger partial charge is 0.318 e. The molecule has 2 aliphatic rings. The van der Waals surface area contributed by atoms with Gasteiger partial charge in [-0.15, -0.1) is 11.8 Å². The highest BCUT2D eigenvalue weighted by atomic mass is 32.2. The normalized spacial score (nSPS) is 22.5. The van der Waals surface area contributed by atoms with Crippen LogP contribution in [0.4, 0.5) is 10.5 Å². The second-order valence-electron chi connectivity index (χ2n) is 9.13. The molecule has 1 aliphatic carbocycles. The van der Waals surface area contributed by atoms with Crippen LogP contribution in [-0.2, 0) is 16.0 Å². The maximum Gasteiger partial charge on any atom is 0.318 e. The van der Waals surface area contributed by atoms with Gasteiger partial charge in [0.05, 0.1) is 11.6 Å². The lowest BCUT2D eigenvalue weighted by atomic mass is 9.85. The Hall–Kier alpha value is -2.10. The number of nitrogens with zero attached hydrogens (tertiary/aromatic N) is 1. The minimum atomic E-state index is -1.46. The number of ketones is 2. The van der Waals surface area contributed by atoms with Crippen LogP contribution in [0.2, 0.25) is 0 Å². The summed E-state index contributed by atoms with van der Waals surface area (Å²) in [7, 11) is 1.52. The number of carbonyl (C=O) groups is 3. The molecule has 188 valence electrons. The summed E-state index contributed by atoms with van der Waals surface area (Å²) in [5, 5.41) is 15.4. The van der Waals surface area contributed by atoms with E-state index >= 15 is 0 Å². The van der Waals surface area contributed by atoms with Crippen molar-refractivity contribution in [3.63, 3.8) is 0 Å². The molecule has 1 aromatic rings. The van der Waals surface area contributed by atoms with E-state index in [4.69, 9.17) is 0 Å². The molecule has 1 saturated carbocycles. The van der Waals surface area contributed by atoms with Gasteiger partial charge in [0, 0.05) is 38.0 Å². The molecule has 1 aliphatic heterocycles. The van der Waals surface area contributed by atoms with Crippen molar-refractivity contribution >= 4 is 35.0 Å². The Kier molecular flexibility index (Phi) is 9.39. The first kappa shape index (κ1) is 26.5. The van der Waals surface area contributed by atoms with Gasteiger partial charge in [0.25, 0.3) is 0 Å². The van der Waals surface area contributed by atoms with Crippen LogP contribution in [0.25, 0.3) is 0 Å². The first-order valence-electron chi connectivity index (χ1n) is 12.3. The number of carbonyl (C=O) groups excluding carboxylic acids is 3. The Labute approximate surface area is 206 Å². The van der Waals surface area contributed by atoms with E-state index in [1.165, 1.54) is 49.4 Å². The molecule has 0 radical (unpaired) electrons. The van der Waals surface area contributed by atoms with Crippen molar-refractivity contribution in [1.29, 1.82) is 0 Å². The van der Waals surface area contributed by atoms with E-state index < -0.39 is 17.5 Å². The highest BCUT2D eigenvalue weighted by Gasteiger charge is 2.60. The van der Waals surface area contributed by atoms with Gasteiger partial charge < -0.3 is 15.5 Å². The van der Waals surface area contributed by atoms with Gasteiger partial charge in [0.1, 0.15) is 0 Å². The third-order valence-corrected chi connectivity index (χ3v) is 8.04. The zero-order valence-electron chi connectivity index (χ0n) is 20.5. The average Bonchev–Trinajstić information content (AvgIpc) is 3.10. The Balaban J connectivity index is 1.94. The number of hydrogen-bond donors (Lipinski definition) is 4. The van der Waals surface area contributed by atoms with Crippen LogP contribution >= 0.6 is 11.8 Å². The molecule has 1 saturated heterocycles. The van der Waals surface area contributed by atoms with Gasteiger partial charge in [-0.2, -0.15) is 0 Å². The number of anilines is 1. The molecular weight excluding hydrogens is 452 g/mol. The summed E-state index contributed by atoms with van der Waals surface area (Å²) in [4.78, 5) is 42.2. The van der Waals surface area contributed by atoms with Crippen molar-refractivity contribution < 1.29 is 19.6 Å². The van der Waals surface area contributed by atoms with Crippen molar-refractivity contribution in [2.24, 2.45) is 0 Å². The van der Waals surface area contributed by atoms with Crippen LogP contribution in [-0.4, -0.2) is 66.2 Å². The van der Waals surface area contributed by atoms with Crippen LogP contribution < -0.4 is 16.1 Å². The standard InChI is InChI=1S/C25H38N4O4S/c1-4-5-6-7-8-9-10-18-17(11-12-20(28-33)22(18)34-3)19-15-21(30)25(23(19)31)16-27-13-14-29(25)24(32)26-2/h11-12,19,27-28,33H,4-10,13-16H2,1-3H3,(H,26,32)/t19-,25+/m1/s1.